The average molecular weight is 435 g/mol. The number of likely N-dealkylation sites (tertiary alicyclic amines) is 1. The van der Waals surface area contributed by atoms with Gasteiger partial charge in [0.25, 0.3) is 0 Å². The second-order valence-electron chi connectivity index (χ2n) is 8.15. The molecule has 0 spiro atoms. The number of amides is 2. The summed E-state index contributed by atoms with van der Waals surface area (Å²) in [6.07, 6.45) is 5.13. The summed E-state index contributed by atoms with van der Waals surface area (Å²) >= 11 is 0. The van der Waals surface area contributed by atoms with Crippen LogP contribution in [0.5, 0.6) is 0 Å². The van der Waals surface area contributed by atoms with E-state index in [1.54, 1.807) is 17.2 Å². The van der Waals surface area contributed by atoms with Gasteiger partial charge in [-0.25, -0.2) is 4.39 Å². The van der Waals surface area contributed by atoms with Crippen LogP contribution < -0.4 is 5.32 Å². The summed E-state index contributed by atoms with van der Waals surface area (Å²) in [6, 6.07) is 16.3. The molecule has 1 aromatic heterocycles. The molecule has 2 heterocycles. The van der Waals surface area contributed by atoms with Crippen molar-refractivity contribution in [3.8, 4) is 0 Å². The molecule has 3 aromatic rings. The summed E-state index contributed by atoms with van der Waals surface area (Å²) in [4.78, 5) is 26.9. The minimum Gasteiger partial charge on any atom is -0.352 e. The van der Waals surface area contributed by atoms with E-state index < -0.39 is 0 Å². The van der Waals surface area contributed by atoms with E-state index in [-0.39, 0.29) is 23.5 Å². The standard InChI is InChI=1S/C25H27FN4O2/c26-23-8-3-5-19(15-23)11-14-29-17-22(9-10-24(29)31)25(32)27-16-20-6-1-2-7-21(20)18-30-13-4-12-28-30/h1-8,12-13,15,22H,9-11,14,16-18H2,(H,27,32)/t22-/m0/s1. The van der Waals surface area contributed by atoms with Gasteiger partial charge in [-0.2, -0.15) is 5.10 Å². The van der Waals surface area contributed by atoms with Gasteiger partial charge in [0.2, 0.25) is 11.8 Å². The SMILES string of the molecule is O=C(NCc1ccccc1Cn1cccn1)[C@H]1CCC(=O)N(CCc2cccc(F)c2)C1. The zero-order valence-electron chi connectivity index (χ0n) is 17.9. The van der Waals surface area contributed by atoms with Crippen LogP contribution in [-0.2, 0) is 29.1 Å². The smallest absolute Gasteiger partial charge is 0.225 e. The summed E-state index contributed by atoms with van der Waals surface area (Å²) in [5.74, 6) is -0.506. The van der Waals surface area contributed by atoms with Crippen molar-refractivity contribution < 1.29 is 14.0 Å². The molecule has 166 valence electrons. The Balaban J connectivity index is 1.32. The van der Waals surface area contributed by atoms with Gasteiger partial charge in [-0.3, -0.25) is 14.3 Å². The molecule has 2 aromatic carbocycles. The van der Waals surface area contributed by atoms with Crippen molar-refractivity contribution in [3.63, 3.8) is 0 Å². The zero-order chi connectivity index (χ0) is 22.3. The lowest BCUT2D eigenvalue weighted by Gasteiger charge is -2.32. The summed E-state index contributed by atoms with van der Waals surface area (Å²) in [5.41, 5.74) is 3.00. The Hall–Kier alpha value is -3.48. The third-order valence-electron chi connectivity index (χ3n) is 5.89. The van der Waals surface area contributed by atoms with Gasteiger partial charge < -0.3 is 10.2 Å². The third kappa shape index (κ3) is 5.60. The van der Waals surface area contributed by atoms with Crippen LogP contribution in [0.3, 0.4) is 0 Å². The van der Waals surface area contributed by atoms with Crippen molar-refractivity contribution in [2.75, 3.05) is 13.1 Å². The maximum atomic E-state index is 13.4. The van der Waals surface area contributed by atoms with Crippen molar-refractivity contribution in [3.05, 3.63) is 89.5 Å². The Kier molecular flexibility index (Phi) is 6.94. The zero-order valence-corrected chi connectivity index (χ0v) is 17.9. The molecule has 6 nitrogen and oxygen atoms in total. The number of nitrogens with zero attached hydrogens (tertiary/aromatic N) is 3. The van der Waals surface area contributed by atoms with Gasteiger partial charge in [0.05, 0.1) is 12.5 Å². The van der Waals surface area contributed by atoms with Crippen LogP contribution in [0.25, 0.3) is 0 Å². The highest BCUT2D eigenvalue weighted by molar-refractivity contribution is 5.83. The van der Waals surface area contributed by atoms with E-state index in [2.05, 4.69) is 10.4 Å². The lowest BCUT2D eigenvalue weighted by atomic mass is 9.96. The monoisotopic (exact) mass is 434 g/mol. The van der Waals surface area contributed by atoms with E-state index in [0.29, 0.717) is 45.4 Å². The molecule has 7 heteroatoms. The molecule has 0 bridgehead atoms. The van der Waals surface area contributed by atoms with E-state index in [0.717, 1.165) is 16.7 Å². The van der Waals surface area contributed by atoms with Crippen LogP contribution in [0.2, 0.25) is 0 Å². The number of carbonyl (C=O) groups excluding carboxylic acids is 2. The lowest BCUT2D eigenvalue weighted by molar-refractivity contribution is -0.138. The maximum absolute atomic E-state index is 13.4. The number of piperidine rings is 1. The molecule has 0 aliphatic carbocycles. The lowest BCUT2D eigenvalue weighted by Crippen LogP contribution is -2.46. The van der Waals surface area contributed by atoms with Crippen LogP contribution >= 0.6 is 0 Å². The van der Waals surface area contributed by atoms with Gasteiger partial charge in [0, 0.05) is 38.4 Å². The second-order valence-corrected chi connectivity index (χ2v) is 8.15. The van der Waals surface area contributed by atoms with Gasteiger partial charge in [0.1, 0.15) is 5.82 Å². The molecule has 0 unspecified atom stereocenters. The molecule has 0 radical (unpaired) electrons. The fourth-order valence-electron chi connectivity index (χ4n) is 4.08. The largest absolute Gasteiger partial charge is 0.352 e. The Morgan fingerprint density at radius 1 is 1.12 bits per heavy atom. The molecule has 1 aliphatic rings. The maximum Gasteiger partial charge on any atom is 0.225 e. The number of benzene rings is 2. The number of carbonyl (C=O) groups is 2. The quantitative estimate of drug-likeness (QED) is 0.592. The molecule has 0 saturated carbocycles. The minimum atomic E-state index is -0.280. The molecule has 1 aliphatic heterocycles. The first-order valence-electron chi connectivity index (χ1n) is 10.9. The topological polar surface area (TPSA) is 67.2 Å². The fraction of sp³-hybridized carbons (Fsp3) is 0.320. The Bertz CT molecular complexity index is 1070. The molecule has 2 amide bonds. The predicted molar refractivity (Wildman–Crippen MR) is 119 cm³/mol. The normalized spacial score (nSPS) is 16.2. The first-order chi connectivity index (χ1) is 15.6. The Labute approximate surface area is 187 Å². The van der Waals surface area contributed by atoms with E-state index in [4.69, 9.17) is 0 Å². The number of halogens is 1. The molecule has 4 rings (SSSR count). The van der Waals surface area contributed by atoms with E-state index in [1.165, 1.54) is 12.1 Å². The van der Waals surface area contributed by atoms with Crippen molar-refractivity contribution in [1.82, 2.24) is 20.0 Å². The summed E-state index contributed by atoms with van der Waals surface area (Å²) in [6.45, 7) is 1.96. The van der Waals surface area contributed by atoms with Crippen LogP contribution in [-0.4, -0.2) is 39.6 Å². The Morgan fingerprint density at radius 3 is 2.75 bits per heavy atom. The second kappa shape index (κ2) is 10.2. The van der Waals surface area contributed by atoms with Crippen LogP contribution in [0, 0.1) is 11.7 Å². The van der Waals surface area contributed by atoms with Gasteiger partial charge in [-0.05, 0) is 47.7 Å². The van der Waals surface area contributed by atoms with Crippen LogP contribution in [0.1, 0.15) is 29.5 Å². The third-order valence-corrected chi connectivity index (χ3v) is 5.89. The molecular weight excluding hydrogens is 407 g/mol. The van der Waals surface area contributed by atoms with Gasteiger partial charge in [0.15, 0.2) is 0 Å². The fourth-order valence-corrected chi connectivity index (χ4v) is 4.08. The average Bonchev–Trinajstić information content (AvgIpc) is 3.31. The molecule has 1 fully saturated rings. The highest BCUT2D eigenvalue weighted by atomic mass is 19.1. The molecule has 1 atom stereocenters. The summed E-state index contributed by atoms with van der Waals surface area (Å²) in [7, 11) is 0. The number of hydrogen-bond acceptors (Lipinski definition) is 3. The van der Waals surface area contributed by atoms with Crippen molar-refractivity contribution in [2.45, 2.75) is 32.4 Å². The molecule has 32 heavy (non-hydrogen) atoms. The van der Waals surface area contributed by atoms with Crippen molar-refractivity contribution in [2.24, 2.45) is 5.92 Å². The van der Waals surface area contributed by atoms with Crippen molar-refractivity contribution in [1.29, 1.82) is 0 Å². The Morgan fingerprint density at radius 2 is 1.97 bits per heavy atom. The number of aromatic nitrogens is 2. The van der Waals surface area contributed by atoms with Crippen LogP contribution in [0.15, 0.2) is 67.0 Å². The first kappa shape index (κ1) is 21.7. The molecule has 1 saturated heterocycles. The van der Waals surface area contributed by atoms with Crippen LogP contribution in [0.4, 0.5) is 4.39 Å². The first-order valence-corrected chi connectivity index (χ1v) is 10.9. The van der Waals surface area contributed by atoms with E-state index in [1.807, 2.05) is 47.3 Å². The summed E-state index contributed by atoms with van der Waals surface area (Å²) < 4.78 is 15.2. The van der Waals surface area contributed by atoms with Gasteiger partial charge in [-0.1, -0.05) is 36.4 Å². The highest BCUT2D eigenvalue weighted by Crippen LogP contribution is 2.19. The number of hydrogen-bond donors (Lipinski definition) is 1. The summed E-state index contributed by atoms with van der Waals surface area (Å²) in [5, 5.41) is 7.30. The van der Waals surface area contributed by atoms with Gasteiger partial charge in [-0.15, -0.1) is 0 Å². The highest BCUT2D eigenvalue weighted by Gasteiger charge is 2.29. The van der Waals surface area contributed by atoms with E-state index in [9.17, 15) is 14.0 Å². The van der Waals surface area contributed by atoms with E-state index >= 15 is 0 Å². The predicted octanol–water partition coefficient (Wildman–Crippen LogP) is 3.17. The van der Waals surface area contributed by atoms with Gasteiger partial charge >= 0.3 is 0 Å². The number of rotatable bonds is 8. The molecular formula is C25H27FN4O2. The van der Waals surface area contributed by atoms with Crippen molar-refractivity contribution >= 4 is 11.8 Å². The minimum absolute atomic E-state index is 0.0397. The number of nitrogens with one attached hydrogen (secondary N) is 1. The molecule has 1 N–H and O–H groups in total.